The van der Waals surface area contributed by atoms with Crippen LogP contribution >= 0.6 is 11.6 Å². The van der Waals surface area contributed by atoms with Gasteiger partial charge in [0.05, 0.1) is 24.2 Å². The van der Waals surface area contributed by atoms with E-state index >= 15 is 0 Å². The maximum atomic E-state index is 14.4. The summed E-state index contributed by atoms with van der Waals surface area (Å²) in [6.45, 7) is 0.344. The molecule has 0 radical (unpaired) electrons. The fraction of sp³-hybridized carbons (Fsp3) is 0.320. The number of aliphatic hydroxyl groups is 1. The molecule has 2 amide bonds. The molecule has 0 spiro atoms. The molecule has 2 aromatic carbocycles. The van der Waals surface area contributed by atoms with Gasteiger partial charge in [-0.25, -0.2) is 8.78 Å². The van der Waals surface area contributed by atoms with E-state index in [0.717, 1.165) is 4.90 Å². The fourth-order valence-electron chi connectivity index (χ4n) is 4.48. The highest BCUT2D eigenvalue weighted by Gasteiger charge is 2.40. The van der Waals surface area contributed by atoms with Crippen LogP contribution < -0.4 is 5.32 Å². The number of carbonyl (C=O) groups is 3. The number of rotatable bonds is 7. The Morgan fingerprint density at radius 2 is 1.94 bits per heavy atom. The van der Waals surface area contributed by atoms with Crippen molar-refractivity contribution in [1.82, 2.24) is 14.8 Å². The van der Waals surface area contributed by atoms with Gasteiger partial charge in [0.1, 0.15) is 24.6 Å². The molecule has 1 aliphatic heterocycles. The standard InChI is InChI=1S/C25H24ClF2N3O4/c1-14(33)18-11-30(21-8-3-2-5-16(18)21)12-23(34)31-10-15(27)9-22(31)25(35)29-20(13-32)17-6-4-7-19(26)24(17)28/h2-8,11,15,20,22,32H,9-10,12-13H2,1H3,(H,29,35)/t15-,20-,22+/m1/s1. The first kappa shape index (κ1) is 24.8. The Morgan fingerprint density at radius 1 is 1.20 bits per heavy atom. The van der Waals surface area contributed by atoms with E-state index in [-0.39, 0.29) is 35.9 Å². The molecule has 0 unspecified atom stereocenters. The Balaban J connectivity index is 1.54. The normalized spacial score (nSPS) is 18.6. The van der Waals surface area contributed by atoms with Crippen LogP contribution in [0.1, 0.15) is 35.3 Å². The van der Waals surface area contributed by atoms with Gasteiger partial charge in [0.25, 0.3) is 0 Å². The highest BCUT2D eigenvalue weighted by molar-refractivity contribution is 6.30. The lowest BCUT2D eigenvalue weighted by molar-refractivity contribution is -0.139. The first-order valence-corrected chi connectivity index (χ1v) is 11.5. The van der Waals surface area contributed by atoms with Crippen LogP contribution in [0.4, 0.5) is 8.78 Å². The summed E-state index contributed by atoms with van der Waals surface area (Å²) in [5.74, 6) is -2.15. The Labute approximate surface area is 205 Å². The van der Waals surface area contributed by atoms with Crippen molar-refractivity contribution in [2.24, 2.45) is 0 Å². The van der Waals surface area contributed by atoms with Gasteiger partial charge in [-0.2, -0.15) is 0 Å². The second-order valence-electron chi connectivity index (χ2n) is 8.53. The average Bonchev–Trinajstić information content (AvgIpc) is 3.40. The minimum absolute atomic E-state index is 0.0170. The van der Waals surface area contributed by atoms with Crippen molar-refractivity contribution in [2.45, 2.75) is 38.1 Å². The van der Waals surface area contributed by atoms with Crippen LogP contribution in [0.3, 0.4) is 0 Å². The minimum atomic E-state index is -1.42. The number of hydrogen-bond acceptors (Lipinski definition) is 4. The monoisotopic (exact) mass is 503 g/mol. The van der Waals surface area contributed by atoms with E-state index in [1.54, 1.807) is 35.0 Å². The SMILES string of the molecule is CC(=O)c1cn(CC(=O)N2C[C@H](F)C[C@H]2C(=O)N[C@H](CO)c2cccc(Cl)c2F)c2ccccc12. The zero-order valence-corrected chi connectivity index (χ0v) is 19.6. The van der Waals surface area contributed by atoms with Crippen molar-refractivity contribution in [3.63, 3.8) is 0 Å². The number of aromatic nitrogens is 1. The highest BCUT2D eigenvalue weighted by atomic mass is 35.5. The van der Waals surface area contributed by atoms with Gasteiger partial charge >= 0.3 is 0 Å². The molecule has 3 atom stereocenters. The number of benzene rings is 2. The number of hydrogen-bond donors (Lipinski definition) is 2. The zero-order chi connectivity index (χ0) is 25.3. The summed E-state index contributed by atoms with van der Waals surface area (Å²) in [7, 11) is 0. The third-order valence-corrected chi connectivity index (χ3v) is 6.49. The van der Waals surface area contributed by atoms with Gasteiger partial charge in [-0.1, -0.05) is 41.9 Å². The molecule has 184 valence electrons. The van der Waals surface area contributed by atoms with E-state index in [1.165, 1.54) is 25.1 Å². The molecule has 4 rings (SSSR count). The maximum absolute atomic E-state index is 14.4. The molecule has 0 bridgehead atoms. The number of fused-ring (bicyclic) bond motifs is 1. The first-order chi connectivity index (χ1) is 16.7. The second-order valence-corrected chi connectivity index (χ2v) is 8.93. The number of nitrogens with zero attached hydrogens (tertiary/aromatic N) is 2. The summed E-state index contributed by atoms with van der Waals surface area (Å²) in [6.07, 6.45) is -0.0645. The summed E-state index contributed by atoms with van der Waals surface area (Å²) in [6, 6.07) is 9.05. The third kappa shape index (κ3) is 4.92. The van der Waals surface area contributed by atoms with Crippen molar-refractivity contribution in [2.75, 3.05) is 13.2 Å². The number of halogens is 3. The summed E-state index contributed by atoms with van der Waals surface area (Å²) in [4.78, 5) is 39.4. The molecule has 10 heteroatoms. The summed E-state index contributed by atoms with van der Waals surface area (Å²) in [5.41, 5.74) is 1.11. The Kier molecular flexibility index (Phi) is 7.18. The lowest BCUT2D eigenvalue weighted by atomic mass is 10.1. The first-order valence-electron chi connectivity index (χ1n) is 11.1. The van der Waals surface area contributed by atoms with Crippen molar-refractivity contribution in [3.8, 4) is 0 Å². The van der Waals surface area contributed by atoms with Gasteiger partial charge in [0, 0.05) is 34.6 Å². The Morgan fingerprint density at radius 3 is 2.66 bits per heavy atom. The smallest absolute Gasteiger partial charge is 0.243 e. The van der Waals surface area contributed by atoms with E-state index < -0.39 is 42.5 Å². The molecule has 2 heterocycles. The molecular weight excluding hydrogens is 480 g/mol. The van der Waals surface area contributed by atoms with Crippen LogP contribution in [-0.4, -0.2) is 57.5 Å². The van der Waals surface area contributed by atoms with Crippen molar-refractivity contribution < 1.29 is 28.3 Å². The molecule has 2 N–H and O–H groups in total. The summed E-state index contributed by atoms with van der Waals surface area (Å²) >= 11 is 5.81. The molecule has 0 saturated carbocycles. The van der Waals surface area contributed by atoms with E-state index in [0.29, 0.717) is 16.5 Å². The topological polar surface area (TPSA) is 91.6 Å². The van der Waals surface area contributed by atoms with Crippen LogP contribution in [0.25, 0.3) is 10.9 Å². The minimum Gasteiger partial charge on any atom is -0.394 e. The van der Waals surface area contributed by atoms with Crippen molar-refractivity contribution >= 4 is 40.1 Å². The Hall–Kier alpha value is -3.30. The molecule has 1 saturated heterocycles. The molecular formula is C25H24ClF2N3O4. The zero-order valence-electron chi connectivity index (χ0n) is 18.9. The predicted molar refractivity (Wildman–Crippen MR) is 126 cm³/mol. The predicted octanol–water partition coefficient (Wildman–Crippen LogP) is 3.43. The maximum Gasteiger partial charge on any atom is 0.243 e. The van der Waals surface area contributed by atoms with E-state index in [4.69, 9.17) is 11.6 Å². The summed E-state index contributed by atoms with van der Waals surface area (Å²) < 4.78 is 30.4. The second kappa shape index (κ2) is 10.1. The molecule has 1 aromatic heterocycles. The van der Waals surface area contributed by atoms with E-state index in [9.17, 15) is 28.3 Å². The van der Waals surface area contributed by atoms with Crippen LogP contribution in [0.5, 0.6) is 0 Å². The molecule has 1 aliphatic rings. The van der Waals surface area contributed by atoms with Crippen LogP contribution in [0, 0.1) is 5.82 Å². The lowest BCUT2D eigenvalue weighted by Gasteiger charge is -2.26. The lowest BCUT2D eigenvalue weighted by Crippen LogP contribution is -2.48. The van der Waals surface area contributed by atoms with Crippen LogP contribution in [0.2, 0.25) is 5.02 Å². The quantitative estimate of drug-likeness (QED) is 0.483. The number of nitrogens with one attached hydrogen (secondary N) is 1. The largest absolute Gasteiger partial charge is 0.394 e. The van der Waals surface area contributed by atoms with Crippen LogP contribution in [-0.2, 0) is 16.1 Å². The average molecular weight is 504 g/mol. The molecule has 7 nitrogen and oxygen atoms in total. The number of carbonyl (C=O) groups excluding carboxylic acids is 3. The number of para-hydroxylation sites is 1. The van der Waals surface area contributed by atoms with Gasteiger partial charge in [0.15, 0.2) is 5.78 Å². The number of likely N-dealkylation sites (tertiary alicyclic amines) is 1. The molecule has 0 aliphatic carbocycles. The number of ketones is 1. The van der Waals surface area contributed by atoms with Gasteiger partial charge in [-0.15, -0.1) is 0 Å². The molecule has 1 fully saturated rings. The number of amides is 2. The highest BCUT2D eigenvalue weighted by Crippen LogP contribution is 2.27. The van der Waals surface area contributed by atoms with Crippen molar-refractivity contribution in [3.05, 3.63) is 70.6 Å². The molecule has 3 aromatic rings. The van der Waals surface area contributed by atoms with Gasteiger partial charge in [-0.3, -0.25) is 14.4 Å². The summed E-state index contributed by atoms with van der Waals surface area (Å²) in [5, 5.41) is 12.8. The number of alkyl halides is 1. The van der Waals surface area contributed by atoms with Crippen molar-refractivity contribution in [1.29, 1.82) is 0 Å². The van der Waals surface area contributed by atoms with E-state index in [1.807, 2.05) is 0 Å². The number of Topliss-reactive ketones (excluding diaryl/α,β-unsaturated/α-hetero) is 1. The van der Waals surface area contributed by atoms with E-state index in [2.05, 4.69) is 5.32 Å². The fourth-order valence-corrected chi connectivity index (χ4v) is 4.66. The van der Waals surface area contributed by atoms with Gasteiger partial charge in [-0.05, 0) is 19.1 Å². The van der Waals surface area contributed by atoms with Crippen LogP contribution in [0.15, 0.2) is 48.7 Å². The molecule has 35 heavy (non-hydrogen) atoms. The number of aliphatic hydroxyl groups excluding tert-OH is 1. The van der Waals surface area contributed by atoms with Gasteiger partial charge < -0.3 is 19.9 Å². The third-order valence-electron chi connectivity index (χ3n) is 6.20. The van der Waals surface area contributed by atoms with Gasteiger partial charge in [0.2, 0.25) is 11.8 Å². The Bertz CT molecular complexity index is 1290.